The zero-order valence-corrected chi connectivity index (χ0v) is 15.1. The lowest BCUT2D eigenvalue weighted by atomic mass is 10.3. The number of aryl methyl sites for hydroxylation is 1. The minimum Gasteiger partial charge on any atom is -0.354 e. The van der Waals surface area contributed by atoms with Crippen molar-refractivity contribution in [3.63, 3.8) is 0 Å². The molecule has 0 bridgehead atoms. The molecule has 3 amide bonds. The van der Waals surface area contributed by atoms with Crippen LogP contribution >= 0.6 is 11.8 Å². The van der Waals surface area contributed by atoms with Crippen molar-refractivity contribution in [1.29, 1.82) is 0 Å². The van der Waals surface area contributed by atoms with Gasteiger partial charge in [-0.25, -0.2) is 9.18 Å². The van der Waals surface area contributed by atoms with Crippen LogP contribution in [0, 0.1) is 5.82 Å². The Morgan fingerprint density at radius 1 is 1.35 bits per heavy atom. The number of hydrogen-bond acceptors (Lipinski definition) is 5. The molecule has 10 heteroatoms. The van der Waals surface area contributed by atoms with Gasteiger partial charge in [0.05, 0.1) is 5.69 Å². The van der Waals surface area contributed by atoms with Gasteiger partial charge in [0.25, 0.3) is 0 Å². The molecule has 138 valence electrons. The molecule has 1 aromatic carbocycles. The number of thioether (sulfide) groups is 1. The number of rotatable bonds is 7. The summed E-state index contributed by atoms with van der Waals surface area (Å²) in [6.45, 7) is 1.15. The van der Waals surface area contributed by atoms with Crippen LogP contribution in [-0.2, 0) is 11.8 Å². The topological polar surface area (TPSA) is 83.4 Å². The fraction of sp³-hybridized carbons (Fsp3) is 0.375. The van der Waals surface area contributed by atoms with Gasteiger partial charge in [-0.1, -0.05) is 23.9 Å². The molecule has 1 aliphatic heterocycles. The van der Waals surface area contributed by atoms with E-state index in [-0.39, 0.29) is 24.2 Å². The maximum atomic E-state index is 13.8. The molecule has 0 atom stereocenters. The fourth-order valence-electron chi connectivity index (χ4n) is 2.59. The largest absolute Gasteiger partial charge is 0.354 e. The number of carbonyl (C=O) groups excluding carboxylic acids is 2. The summed E-state index contributed by atoms with van der Waals surface area (Å²) in [7, 11) is 1.85. The number of aromatic nitrogens is 3. The Morgan fingerprint density at radius 3 is 2.88 bits per heavy atom. The van der Waals surface area contributed by atoms with Crippen molar-refractivity contribution in [2.75, 3.05) is 36.8 Å². The maximum absolute atomic E-state index is 13.8. The Hall–Kier alpha value is -2.62. The molecule has 3 rings (SSSR count). The first-order valence-corrected chi connectivity index (χ1v) is 9.09. The summed E-state index contributed by atoms with van der Waals surface area (Å²) in [6.07, 6.45) is 1.61. The molecule has 1 N–H and O–H groups in total. The van der Waals surface area contributed by atoms with Crippen molar-refractivity contribution in [1.82, 2.24) is 25.0 Å². The SMILES string of the molecule is Cn1cnnc1SCCNC(=O)CN1CCN(c2ccccc2F)C1=O. The lowest BCUT2D eigenvalue weighted by molar-refractivity contribution is -0.121. The molecule has 0 spiro atoms. The molecule has 0 radical (unpaired) electrons. The van der Waals surface area contributed by atoms with Gasteiger partial charge in [-0.3, -0.25) is 9.69 Å². The van der Waals surface area contributed by atoms with Crippen molar-refractivity contribution >= 4 is 29.4 Å². The van der Waals surface area contributed by atoms with E-state index in [0.29, 0.717) is 25.4 Å². The molecule has 1 fully saturated rings. The highest BCUT2D eigenvalue weighted by molar-refractivity contribution is 7.99. The summed E-state index contributed by atoms with van der Waals surface area (Å²) in [5.74, 6) is -0.0478. The highest BCUT2D eigenvalue weighted by Gasteiger charge is 2.31. The van der Waals surface area contributed by atoms with Gasteiger partial charge in [0.15, 0.2) is 5.16 Å². The van der Waals surface area contributed by atoms with Gasteiger partial charge in [-0.15, -0.1) is 10.2 Å². The second kappa shape index (κ2) is 8.17. The van der Waals surface area contributed by atoms with E-state index in [9.17, 15) is 14.0 Å². The second-order valence-corrected chi connectivity index (χ2v) is 6.79. The van der Waals surface area contributed by atoms with Crippen LogP contribution in [0.3, 0.4) is 0 Å². The third-order valence-corrected chi connectivity index (χ3v) is 4.93. The molecule has 26 heavy (non-hydrogen) atoms. The van der Waals surface area contributed by atoms with E-state index < -0.39 is 5.82 Å². The number of carbonyl (C=O) groups is 2. The van der Waals surface area contributed by atoms with Crippen molar-refractivity contribution in [3.05, 3.63) is 36.4 Å². The average molecular weight is 378 g/mol. The summed E-state index contributed by atoms with van der Waals surface area (Å²) in [6, 6.07) is 5.76. The molecule has 1 saturated heterocycles. The second-order valence-electron chi connectivity index (χ2n) is 5.73. The number of para-hydroxylation sites is 1. The van der Waals surface area contributed by atoms with E-state index in [0.717, 1.165) is 5.16 Å². The molecular formula is C16H19FN6O2S. The van der Waals surface area contributed by atoms with Crippen LogP contribution in [0.2, 0.25) is 0 Å². The normalized spacial score (nSPS) is 14.2. The quantitative estimate of drug-likeness (QED) is 0.576. The van der Waals surface area contributed by atoms with Gasteiger partial charge in [0, 0.05) is 32.4 Å². The first kappa shape index (κ1) is 18.2. The van der Waals surface area contributed by atoms with Crippen molar-refractivity contribution < 1.29 is 14.0 Å². The predicted octanol–water partition coefficient (Wildman–Crippen LogP) is 1.10. The maximum Gasteiger partial charge on any atom is 0.325 e. The number of hydrogen-bond donors (Lipinski definition) is 1. The zero-order chi connectivity index (χ0) is 18.5. The van der Waals surface area contributed by atoms with Gasteiger partial charge in [-0.2, -0.15) is 0 Å². The van der Waals surface area contributed by atoms with E-state index in [1.165, 1.54) is 27.6 Å². The molecule has 0 saturated carbocycles. The molecule has 0 aliphatic carbocycles. The summed E-state index contributed by atoms with van der Waals surface area (Å²) < 4.78 is 15.6. The molecule has 2 aromatic rings. The zero-order valence-electron chi connectivity index (χ0n) is 14.3. The molecule has 0 unspecified atom stereocenters. The van der Waals surface area contributed by atoms with Crippen LogP contribution < -0.4 is 10.2 Å². The van der Waals surface area contributed by atoms with Crippen LogP contribution in [0.4, 0.5) is 14.9 Å². The minimum atomic E-state index is -0.451. The minimum absolute atomic E-state index is 0.0432. The lowest BCUT2D eigenvalue weighted by Crippen LogP contribution is -2.40. The van der Waals surface area contributed by atoms with E-state index in [1.54, 1.807) is 29.1 Å². The number of nitrogens with zero attached hydrogens (tertiary/aromatic N) is 5. The van der Waals surface area contributed by atoms with E-state index in [1.807, 2.05) is 7.05 Å². The molecular weight excluding hydrogens is 359 g/mol. The predicted molar refractivity (Wildman–Crippen MR) is 95.5 cm³/mol. The van der Waals surface area contributed by atoms with Crippen LogP contribution in [-0.4, -0.2) is 63.5 Å². The monoisotopic (exact) mass is 378 g/mol. The van der Waals surface area contributed by atoms with Gasteiger partial charge < -0.3 is 14.8 Å². The van der Waals surface area contributed by atoms with Crippen LogP contribution in [0.1, 0.15) is 0 Å². The first-order chi connectivity index (χ1) is 12.6. The first-order valence-electron chi connectivity index (χ1n) is 8.10. The van der Waals surface area contributed by atoms with E-state index in [2.05, 4.69) is 15.5 Å². The highest BCUT2D eigenvalue weighted by atomic mass is 32.2. The highest BCUT2D eigenvalue weighted by Crippen LogP contribution is 2.23. The number of amides is 3. The van der Waals surface area contributed by atoms with Gasteiger partial charge >= 0.3 is 6.03 Å². The van der Waals surface area contributed by atoms with Crippen LogP contribution in [0.5, 0.6) is 0 Å². The van der Waals surface area contributed by atoms with Crippen molar-refractivity contribution in [2.45, 2.75) is 5.16 Å². The van der Waals surface area contributed by atoms with Gasteiger partial charge in [-0.05, 0) is 12.1 Å². The molecule has 1 aromatic heterocycles. The standard InChI is InChI=1S/C16H19FN6O2S/c1-21-11-19-20-15(21)26-9-6-18-14(24)10-22-7-8-23(16(22)25)13-5-3-2-4-12(13)17/h2-5,11H,6-10H2,1H3,(H,18,24). The number of halogens is 1. The molecule has 2 heterocycles. The van der Waals surface area contributed by atoms with Gasteiger partial charge in [0.2, 0.25) is 5.91 Å². The summed E-state index contributed by atoms with van der Waals surface area (Å²) in [5.41, 5.74) is 0.237. The Balaban J connectivity index is 1.44. The fourth-order valence-corrected chi connectivity index (χ4v) is 3.33. The molecule has 8 nitrogen and oxygen atoms in total. The van der Waals surface area contributed by atoms with E-state index in [4.69, 9.17) is 0 Å². The number of urea groups is 1. The van der Waals surface area contributed by atoms with Crippen molar-refractivity contribution in [3.8, 4) is 0 Å². The average Bonchev–Trinajstić information content (AvgIpc) is 3.19. The lowest BCUT2D eigenvalue weighted by Gasteiger charge is -2.18. The van der Waals surface area contributed by atoms with Crippen molar-refractivity contribution in [2.24, 2.45) is 7.05 Å². The Kier molecular flexibility index (Phi) is 5.71. The van der Waals surface area contributed by atoms with Gasteiger partial charge in [0.1, 0.15) is 18.7 Å². The van der Waals surface area contributed by atoms with Crippen LogP contribution in [0.25, 0.3) is 0 Å². The van der Waals surface area contributed by atoms with E-state index >= 15 is 0 Å². The third kappa shape index (κ3) is 4.13. The Morgan fingerprint density at radius 2 is 2.15 bits per heavy atom. The number of benzene rings is 1. The van der Waals surface area contributed by atoms with Crippen LogP contribution in [0.15, 0.2) is 35.7 Å². The Labute approximate surface area is 154 Å². The third-order valence-electron chi connectivity index (χ3n) is 3.90. The summed E-state index contributed by atoms with van der Waals surface area (Å²) >= 11 is 1.48. The Bertz CT molecular complexity index is 799. The number of anilines is 1. The number of nitrogens with one attached hydrogen (secondary N) is 1. The molecule has 1 aliphatic rings. The summed E-state index contributed by atoms with van der Waals surface area (Å²) in [5, 5.41) is 11.3. The summed E-state index contributed by atoms with van der Waals surface area (Å²) in [4.78, 5) is 27.2. The smallest absolute Gasteiger partial charge is 0.325 e.